The van der Waals surface area contributed by atoms with Gasteiger partial charge < -0.3 is 20.5 Å². The van der Waals surface area contributed by atoms with E-state index in [1.54, 1.807) is 25.4 Å². The van der Waals surface area contributed by atoms with Gasteiger partial charge in [-0.2, -0.15) is 0 Å². The zero-order valence-electron chi connectivity index (χ0n) is 14.4. The number of carbonyl (C=O) groups is 1. The fourth-order valence-corrected chi connectivity index (χ4v) is 2.23. The summed E-state index contributed by atoms with van der Waals surface area (Å²) < 4.78 is 5.26. The molecule has 0 aliphatic carbocycles. The molecule has 2 aromatic rings. The monoisotopic (exact) mass is 329 g/mol. The first-order valence-corrected chi connectivity index (χ1v) is 7.67. The molecule has 0 unspecified atom stereocenters. The van der Waals surface area contributed by atoms with Crippen molar-refractivity contribution in [2.75, 3.05) is 12.4 Å². The maximum atomic E-state index is 12.1. The van der Waals surface area contributed by atoms with Gasteiger partial charge in [0.15, 0.2) is 0 Å². The summed E-state index contributed by atoms with van der Waals surface area (Å²) >= 11 is 0. The second-order valence-electron chi connectivity index (χ2n) is 6.45. The van der Waals surface area contributed by atoms with Crippen molar-refractivity contribution in [1.82, 2.24) is 10.3 Å². The van der Waals surface area contributed by atoms with Crippen molar-refractivity contribution < 1.29 is 14.6 Å². The summed E-state index contributed by atoms with van der Waals surface area (Å²) in [6, 6.07) is 8.42. The van der Waals surface area contributed by atoms with E-state index < -0.39 is 6.03 Å². The third-order valence-corrected chi connectivity index (χ3v) is 3.53. The van der Waals surface area contributed by atoms with E-state index in [1.807, 2.05) is 39.0 Å². The number of hydrogen-bond donors (Lipinski definition) is 3. The van der Waals surface area contributed by atoms with E-state index in [1.165, 1.54) is 0 Å². The number of carbonyl (C=O) groups excluding carboxylic acids is 1. The second kappa shape index (κ2) is 7.21. The van der Waals surface area contributed by atoms with Gasteiger partial charge in [-0.05, 0) is 23.6 Å². The molecule has 0 spiro atoms. The van der Waals surface area contributed by atoms with Gasteiger partial charge in [0.1, 0.15) is 11.5 Å². The molecule has 1 aromatic heterocycles. The number of nitrogens with one attached hydrogen (secondary N) is 2. The Morgan fingerprint density at radius 3 is 2.62 bits per heavy atom. The standard InChI is InChI=1S/C18H23N3O3/c1-18(2,3)14-9-13(24-4)10-15(16(14)22)21-17(23)20-11-12-7-5-6-8-19-12/h5-10,22H,11H2,1-4H3,(H2,20,21,23). The van der Waals surface area contributed by atoms with Crippen LogP contribution in [0.2, 0.25) is 0 Å². The molecule has 0 bridgehead atoms. The summed E-state index contributed by atoms with van der Waals surface area (Å²) in [5, 5.41) is 15.8. The largest absolute Gasteiger partial charge is 0.505 e. The number of phenols is 1. The molecule has 6 heteroatoms. The number of aromatic hydroxyl groups is 1. The lowest BCUT2D eigenvalue weighted by atomic mass is 9.86. The van der Waals surface area contributed by atoms with Crippen LogP contribution in [0.15, 0.2) is 36.5 Å². The second-order valence-corrected chi connectivity index (χ2v) is 6.45. The molecule has 6 nitrogen and oxygen atoms in total. The highest BCUT2D eigenvalue weighted by molar-refractivity contribution is 5.91. The normalized spacial score (nSPS) is 11.0. The summed E-state index contributed by atoms with van der Waals surface area (Å²) in [6.07, 6.45) is 1.67. The summed E-state index contributed by atoms with van der Waals surface area (Å²) in [4.78, 5) is 16.2. The average molecular weight is 329 g/mol. The fourth-order valence-electron chi connectivity index (χ4n) is 2.23. The number of rotatable bonds is 4. The first kappa shape index (κ1) is 17.6. The van der Waals surface area contributed by atoms with E-state index in [2.05, 4.69) is 15.6 Å². The van der Waals surface area contributed by atoms with Crippen molar-refractivity contribution in [3.63, 3.8) is 0 Å². The number of pyridine rings is 1. The summed E-state index contributed by atoms with van der Waals surface area (Å²) in [5.74, 6) is 0.606. The Morgan fingerprint density at radius 2 is 2.04 bits per heavy atom. The molecular weight excluding hydrogens is 306 g/mol. The van der Waals surface area contributed by atoms with Crippen molar-refractivity contribution in [3.8, 4) is 11.5 Å². The molecule has 24 heavy (non-hydrogen) atoms. The van der Waals surface area contributed by atoms with Crippen LogP contribution in [0.4, 0.5) is 10.5 Å². The Kier molecular flexibility index (Phi) is 5.28. The molecule has 0 fully saturated rings. The maximum Gasteiger partial charge on any atom is 0.319 e. The molecule has 2 rings (SSSR count). The molecule has 128 valence electrons. The summed E-state index contributed by atoms with van der Waals surface area (Å²) in [7, 11) is 1.55. The van der Waals surface area contributed by atoms with Crippen molar-refractivity contribution >= 4 is 11.7 Å². The predicted octanol–water partition coefficient (Wildman–Crippen LogP) is 3.42. The van der Waals surface area contributed by atoms with Gasteiger partial charge in [0.2, 0.25) is 0 Å². The number of ether oxygens (including phenoxy) is 1. The topological polar surface area (TPSA) is 83.5 Å². The number of methoxy groups -OCH3 is 1. The Morgan fingerprint density at radius 1 is 1.29 bits per heavy atom. The van der Waals surface area contributed by atoms with Gasteiger partial charge in [-0.3, -0.25) is 4.98 Å². The predicted molar refractivity (Wildman–Crippen MR) is 93.5 cm³/mol. The summed E-state index contributed by atoms with van der Waals surface area (Å²) in [5.41, 5.74) is 1.46. The Labute approximate surface area is 141 Å². The van der Waals surface area contributed by atoms with Crippen LogP contribution in [0, 0.1) is 0 Å². The van der Waals surface area contributed by atoms with Crippen LogP contribution in [-0.2, 0) is 12.0 Å². The van der Waals surface area contributed by atoms with E-state index in [4.69, 9.17) is 4.74 Å². The number of benzene rings is 1. The molecule has 0 radical (unpaired) electrons. The van der Waals surface area contributed by atoms with Crippen molar-refractivity contribution in [2.45, 2.75) is 32.7 Å². The van der Waals surface area contributed by atoms with Crippen molar-refractivity contribution in [2.24, 2.45) is 0 Å². The van der Waals surface area contributed by atoms with Crippen LogP contribution in [-0.4, -0.2) is 23.2 Å². The number of amides is 2. The average Bonchev–Trinajstić information content (AvgIpc) is 2.54. The Balaban J connectivity index is 2.15. The minimum absolute atomic E-state index is 0.0382. The summed E-state index contributed by atoms with van der Waals surface area (Å²) in [6.45, 7) is 6.23. The molecule has 3 N–H and O–H groups in total. The lowest BCUT2D eigenvalue weighted by molar-refractivity contribution is 0.251. The first-order valence-electron chi connectivity index (χ1n) is 7.67. The zero-order chi connectivity index (χ0) is 17.7. The Bertz CT molecular complexity index is 709. The van der Waals surface area contributed by atoms with Crippen LogP contribution in [0.1, 0.15) is 32.0 Å². The van der Waals surface area contributed by atoms with E-state index in [-0.39, 0.29) is 11.2 Å². The van der Waals surface area contributed by atoms with E-state index in [9.17, 15) is 9.90 Å². The molecular formula is C18H23N3O3. The number of aromatic nitrogens is 1. The van der Waals surface area contributed by atoms with Crippen molar-refractivity contribution in [1.29, 1.82) is 0 Å². The molecule has 0 saturated carbocycles. The van der Waals surface area contributed by atoms with Gasteiger partial charge in [-0.25, -0.2) is 4.79 Å². The van der Waals surface area contributed by atoms with Gasteiger partial charge in [-0.1, -0.05) is 26.8 Å². The smallest absolute Gasteiger partial charge is 0.319 e. The molecule has 0 aliphatic rings. The van der Waals surface area contributed by atoms with Gasteiger partial charge in [0.25, 0.3) is 0 Å². The zero-order valence-corrected chi connectivity index (χ0v) is 14.4. The van der Waals surface area contributed by atoms with Crippen LogP contribution in [0.25, 0.3) is 0 Å². The SMILES string of the molecule is COc1cc(NC(=O)NCc2ccccn2)c(O)c(C(C)(C)C)c1. The number of nitrogens with zero attached hydrogens (tertiary/aromatic N) is 1. The van der Waals surface area contributed by atoms with E-state index >= 15 is 0 Å². The molecule has 0 aliphatic heterocycles. The molecule has 0 atom stereocenters. The number of hydrogen-bond acceptors (Lipinski definition) is 4. The Hall–Kier alpha value is -2.76. The van der Waals surface area contributed by atoms with Gasteiger partial charge >= 0.3 is 6.03 Å². The molecule has 2 amide bonds. The fraction of sp³-hybridized carbons (Fsp3) is 0.333. The van der Waals surface area contributed by atoms with Gasteiger partial charge in [0, 0.05) is 17.8 Å². The quantitative estimate of drug-likeness (QED) is 0.751. The number of anilines is 1. The highest BCUT2D eigenvalue weighted by Gasteiger charge is 2.22. The van der Waals surface area contributed by atoms with Crippen molar-refractivity contribution in [3.05, 3.63) is 47.8 Å². The first-order chi connectivity index (χ1) is 11.3. The number of phenolic OH excluding ortho intramolecular Hbond substituents is 1. The van der Waals surface area contributed by atoms with Crippen LogP contribution >= 0.6 is 0 Å². The highest BCUT2D eigenvalue weighted by Crippen LogP contribution is 2.39. The molecule has 0 saturated heterocycles. The lowest BCUT2D eigenvalue weighted by Gasteiger charge is -2.23. The lowest BCUT2D eigenvalue weighted by Crippen LogP contribution is -2.28. The number of urea groups is 1. The van der Waals surface area contributed by atoms with Crippen LogP contribution < -0.4 is 15.4 Å². The maximum absolute atomic E-state index is 12.1. The minimum Gasteiger partial charge on any atom is -0.505 e. The van der Waals surface area contributed by atoms with Gasteiger partial charge in [-0.15, -0.1) is 0 Å². The molecule has 1 aromatic carbocycles. The highest BCUT2D eigenvalue weighted by atomic mass is 16.5. The third-order valence-electron chi connectivity index (χ3n) is 3.53. The van der Waals surface area contributed by atoms with Crippen LogP contribution in [0.3, 0.4) is 0 Å². The van der Waals surface area contributed by atoms with E-state index in [0.29, 0.717) is 23.5 Å². The van der Waals surface area contributed by atoms with Crippen LogP contribution in [0.5, 0.6) is 11.5 Å². The van der Waals surface area contributed by atoms with E-state index in [0.717, 1.165) is 5.69 Å². The van der Waals surface area contributed by atoms with Gasteiger partial charge in [0.05, 0.1) is 25.0 Å². The minimum atomic E-state index is -0.427. The third kappa shape index (κ3) is 4.38. The molecule has 1 heterocycles.